The van der Waals surface area contributed by atoms with Crippen molar-refractivity contribution in [3.05, 3.63) is 79.9 Å². The summed E-state index contributed by atoms with van der Waals surface area (Å²) in [5.74, 6) is 0. The lowest BCUT2D eigenvalue weighted by Crippen LogP contribution is -2.27. The largest absolute Gasteiger partial charge is 0.394 e. The average molecular weight is 907 g/mol. The molecule has 0 aromatic heterocycles. The second-order valence-electron chi connectivity index (χ2n) is 17.3. The van der Waals surface area contributed by atoms with Crippen LogP contribution in [0.2, 0.25) is 0 Å². The fourth-order valence-electron chi connectivity index (χ4n) is 7.68. The van der Waals surface area contributed by atoms with Gasteiger partial charge in [0.25, 0.3) is 11.4 Å². The summed E-state index contributed by atoms with van der Waals surface area (Å²) in [6.07, 6.45) is 36.5. The van der Waals surface area contributed by atoms with Crippen LogP contribution in [0.4, 0.5) is 11.4 Å². The van der Waals surface area contributed by atoms with Gasteiger partial charge >= 0.3 is 10.4 Å². The van der Waals surface area contributed by atoms with Crippen molar-refractivity contribution in [1.82, 2.24) is 9.80 Å². The second-order valence-corrected chi connectivity index (χ2v) is 18.2. The first-order chi connectivity index (χ1) is 30.3. The zero-order valence-corrected chi connectivity index (χ0v) is 41.0. The fraction of sp³-hybridized carbons (Fsp3) is 0.760. The third kappa shape index (κ3) is 40.3. The highest BCUT2D eigenvalue weighted by molar-refractivity contribution is 7.79. The summed E-state index contributed by atoms with van der Waals surface area (Å²) >= 11 is 0. The van der Waals surface area contributed by atoms with Gasteiger partial charge in [-0.15, -0.1) is 0 Å². The van der Waals surface area contributed by atoms with Crippen LogP contribution in [-0.4, -0.2) is 76.4 Å². The number of rotatable bonds is 38. The van der Waals surface area contributed by atoms with Gasteiger partial charge < -0.3 is 9.80 Å². The molecule has 0 aliphatic carbocycles. The minimum atomic E-state index is -4.67. The Morgan fingerprint density at radius 3 is 0.810 bits per heavy atom. The number of benzene rings is 2. The molecule has 0 aliphatic rings. The predicted octanol–water partition coefficient (Wildman–Crippen LogP) is 14.4. The van der Waals surface area contributed by atoms with Crippen molar-refractivity contribution in [2.45, 2.75) is 207 Å². The zero-order valence-electron chi connectivity index (χ0n) is 40.2. The highest BCUT2D eigenvalue weighted by Gasteiger charge is 2.08. The van der Waals surface area contributed by atoms with Gasteiger partial charge in [0.2, 0.25) is 0 Å². The SMILES string of the molecule is CCCCCCCN(CCCCCCC)CCCCCc1ccc([N+](=O)[O-])cc1.CCCCCCCN(CCCCCCC)CCCCCc1ccc([N+](=O)[O-])cc1.O=S(=O)(O)O. The number of nitro groups is 2. The summed E-state index contributed by atoms with van der Waals surface area (Å²) in [6, 6.07) is 14.1. The average Bonchev–Trinajstić information content (AvgIpc) is 3.25. The Kier molecular flexibility index (Phi) is 39.7. The second kappa shape index (κ2) is 41.7. The van der Waals surface area contributed by atoms with Crippen LogP contribution in [0.3, 0.4) is 0 Å². The van der Waals surface area contributed by atoms with Gasteiger partial charge in [0.15, 0.2) is 0 Å². The molecular formula is C50H90N4O8S. The highest BCUT2D eigenvalue weighted by atomic mass is 32.3. The molecule has 0 saturated heterocycles. The molecule has 0 spiro atoms. The van der Waals surface area contributed by atoms with Crippen molar-refractivity contribution >= 4 is 21.8 Å². The lowest BCUT2D eigenvalue weighted by atomic mass is 10.1. The number of hydrogen-bond acceptors (Lipinski definition) is 8. The van der Waals surface area contributed by atoms with Crippen molar-refractivity contribution in [1.29, 1.82) is 0 Å². The molecule has 0 aliphatic heterocycles. The van der Waals surface area contributed by atoms with E-state index < -0.39 is 10.4 Å². The Labute approximate surface area is 384 Å². The zero-order chi connectivity index (χ0) is 46.8. The van der Waals surface area contributed by atoms with Crippen molar-refractivity contribution < 1.29 is 27.4 Å². The lowest BCUT2D eigenvalue weighted by molar-refractivity contribution is -0.385. The van der Waals surface area contributed by atoms with E-state index in [1.165, 1.54) is 217 Å². The summed E-state index contributed by atoms with van der Waals surface area (Å²) in [5, 5.41) is 21.5. The summed E-state index contributed by atoms with van der Waals surface area (Å²) in [6.45, 7) is 16.6. The minimum absolute atomic E-state index is 0.183. The van der Waals surface area contributed by atoms with E-state index in [1.54, 1.807) is 24.3 Å². The van der Waals surface area contributed by atoms with Crippen molar-refractivity contribution in [3.8, 4) is 0 Å². The third-order valence-electron chi connectivity index (χ3n) is 11.5. The molecule has 2 aromatic rings. The van der Waals surface area contributed by atoms with Gasteiger partial charge in [0.05, 0.1) is 9.85 Å². The molecule has 0 atom stereocenters. The molecule has 0 fully saturated rings. The number of aryl methyl sites for hydroxylation is 2. The molecule has 0 saturated carbocycles. The van der Waals surface area contributed by atoms with Crippen LogP contribution in [0.25, 0.3) is 0 Å². The van der Waals surface area contributed by atoms with E-state index in [2.05, 4.69) is 37.5 Å². The molecule has 2 aromatic carbocycles. The molecule has 0 unspecified atom stereocenters. The fourth-order valence-corrected chi connectivity index (χ4v) is 7.68. The Morgan fingerprint density at radius 1 is 0.397 bits per heavy atom. The minimum Gasteiger partial charge on any atom is -0.303 e. The van der Waals surface area contributed by atoms with Crippen molar-refractivity contribution in [2.24, 2.45) is 0 Å². The normalized spacial score (nSPS) is 11.3. The van der Waals surface area contributed by atoms with E-state index in [4.69, 9.17) is 17.5 Å². The number of hydrogen-bond donors (Lipinski definition) is 2. The van der Waals surface area contributed by atoms with E-state index in [1.807, 2.05) is 24.3 Å². The van der Waals surface area contributed by atoms with Gasteiger partial charge in [-0.2, -0.15) is 8.42 Å². The monoisotopic (exact) mass is 907 g/mol. The maximum Gasteiger partial charge on any atom is 0.394 e. The van der Waals surface area contributed by atoms with Crippen LogP contribution in [0.5, 0.6) is 0 Å². The van der Waals surface area contributed by atoms with Gasteiger partial charge in [-0.3, -0.25) is 29.3 Å². The van der Waals surface area contributed by atoms with Crippen LogP contribution < -0.4 is 0 Å². The van der Waals surface area contributed by atoms with Crippen LogP contribution in [0, 0.1) is 20.2 Å². The molecule has 0 radical (unpaired) electrons. The van der Waals surface area contributed by atoms with Gasteiger partial charge in [0, 0.05) is 24.3 Å². The van der Waals surface area contributed by atoms with E-state index in [-0.39, 0.29) is 21.2 Å². The van der Waals surface area contributed by atoms with Crippen LogP contribution in [-0.2, 0) is 23.2 Å². The number of unbranched alkanes of at least 4 members (excludes halogenated alkanes) is 20. The van der Waals surface area contributed by atoms with Gasteiger partial charge in [-0.1, -0.05) is 168 Å². The Balaban J connectivity index is 0.00000110. The first-order valence-electron chi connectivity index (χ1n) is 25.0. The molecule has 12 nitrogen and oxygen atoms in total. The molecule has 0 amide bonds. The van der Waals surface area contributed by atoms with Gasteiger partial charge in [0.1, 0.15) is 0 Å². The molecule has 2 rings (SSSR count). The van der Waals surface area contributed by atoms with Crippen molar-refractivity contribution in [2.75, 3.05) is 39.3 Å². The summed E-state index contributed by atoms with van der Waals surface area (Å²) < 4.78 is 31.6. The Bertz CT molecular complexity index is 1330. The smallest absolute Gasteiger partial charge is 0.303 e. The summed E-state index contributed by atoms with van der Waals surface area (Å²) in [4.78, 5) is 26.2. The molecule has 0 heterocycles. The Morgan fingerprint density at radius 2 is 0.603 bits per heavy atom. The van der Waals surface area contributed by atoms with E-state index in [0.29, 0.717) is 0 Å². The van der Waals surface area contributed by atoms with Crippen LogP contribution >= 0.6 is 0 Å². The topological polar surface area (TPSA) is 167 Å². The molecule has 0 bridgehead atoms. The number of nitro benzene ring substituents is 2. The molecule has 364 valence electrons. The molecule has 2 N–H and O–H groups in total. The van der Waals surface area contributed by atoms with E-state index in [0.717, 1.165) is 12.8 Å². The van der Waals surface area contributed by atoms with E-state index >= 15 is 0 Å². The quantitative estimate of drug-likeness (QED) is 0.0286. The number of non-ortho nitro benzene ring substituents is 2. The summed E-state index contributed by atoms with van der Waals surface area (Å²) in [5.41, 5.74) is 2.78. The highest BCUT2D eigenvalue weighted by Crippen LogP contribution is 2.17. The van der Waals surface area contributed by atoms with Crippen LogP contribution in [0.1, 0.15) is 206 Å². The van der Waals surface area contributed by atoms with E-state index in [9.17, 15) is 20.2 Å². The lowest BCUT2D eigenvalue weighted by Gasteiger charge is -2.22. The molecular weight excluding hydrogens is 817 g/mol. The van der Waals surface area contributed by atoms with Gasteiger partial charge in [-0.25, -0.2) is 0 Å². The Hall–Kier alpha value is -2.97. The molecule has 63 heavy (non-hydrogen) atoms. The predicted molar refractivity (Wildman–Crippen MR) is 263 cm³/mol. The maximum atomic E-state index is 10.7. The first-order valence-corrected chi connectivity index (χ1v) is 26.3. The first kappa shape index (κ1) is 60.0. The third-order valence-corrected chi connectivity index (χ3v) is 11.5. The maximum absolute atomic E-state index is 10.7. The molecule has 13 heteroatoms. The number of nitrogens with zero attached hydrogens (tertiary/aromatic N) is 4. The standard InChI is InChI=1S/2C25H44N2O2.H2O4S/c2*1-3-5-7-9-13-21-26(22-14-10-8-6-4-2)23-15-11-12-16-24-17-19-25(20-18-24)27(28)29;1-5(2,3)4/h2*17-20H,3-16,21-23H2,1-2H3;(H2,1,2,3,4). The van der Waals surface area contributed by atoms with Gasteiger partial charge in [-0.05, 0) is 115 Å². The van der Waals surface area contributed by atoms with Crippen LogP contribution in [0.15, 0.2) is 48.5 Å². The summed E-state index contributed by atoms with van der Waals surface area (Å²) in [7, 11) is -4.67. The van der Waals surface area contributed by atoms with Crippen molar-refractivity contribution in [3.63, 3.8) is 0 Å².